The van der Waals surface area contributed by atoms with Crippen molar-refractivity contribution in [3.8, 4) is 0 Å². The minimum Gasteiger partial charge on any atom is -0.335 e. The Morgan fingerprint density at radius 3 is 2.58 bits per heavy atom. The van der Waals surface area contributed by atoms with E-state index in [1.54, 1.807) is 34.4 Å². The van der Waals surface area contributed by atoms with Gasteiger partial charge in [-0.25, -0.2) is 0 Å². The predicted molar refractivity (Wildman–Crippen MR) is 165 cm³/mol. The van der Waals surface area contributed by atoms with Crippen LogP contribution in [0, 0.1) is 6.92 Å². The second kappa shape index (κ2) is 10.2. The Hall–Kier alpha value is -3.13. The van der Waals surface area contributed by atoms with E-state index in [0.717, 1.165) is 27.3 Å². The van der Waals surface area contributed by atoms with Crippen molar-refractivity contribution in [1.29, 1.82) is 0 Å². The van der Waals surface area contributed by atoms with Crippen molar-refractivity contribution in [2.75, 3.05) is 11.4 Å². The van der Waals surface area contributed by atoms with Gasteiger partial charge in [-0.15, -0.1) is 11.3 Å². The fourth-order valence-electron chi connectivity index (χ4n) is 5.17. The first kappa shape index (κ1) is 25.2. The number of aryl methyl sites for hydroxylation is 2. The van der Waals surface area contributed by atoms with E-state index in [9.17, 15) is 4.79 Å². The highest BCUT2D eigenvalue weighted by atomic mass is 32.2. The molecule has 0 saturated heterocycles. The summed E-state index contributed by atoms with van der Waals surface area (Å²) in [6, 6.07) is 19.6. The third kappa shape index (κ3) is 4.23. The van der Waals surface area contributed by atoms with Gasteiger partial charge in [-0.2, -0.15) is 4.57 Å². The molecular weight excluding hydrogens is 527 g/mol. The zero-order valence-corrected chi connectivity index (χ0v) is 24.5. The molecule has 0 fully saturated rings. The number of hydrogen-bond acceptors (Lipinski definition) is 5. The number of anilines is 1. The maximum Gasteiger partial charge on any atom is 0.269 e. The number of benzene rings is 3. The lowest BCUT2D eigenvalue weighted by Crippen LogP contribution is -2.35. The largest absolute Gasteiger partial charge is 0.335 e. The van der Waals surface area contributed by atoms with E-state index in [2.05, 4.69) is 97.0 Å². The zero-order chi connectivity index (χ0) is 26.4. The Labute approximate surface area is 234 Å². The Kier molecular flexibility index (Phi) is 6.76. The molecule has 3 heterocycles. The first-order chi connectivity index (χ1) is 18.5. The van der Waals surface area contributed by atoms with Crippen molar-refractivity contribution in [3.05, 3.63) is 95.8 Å². The Balaban J connectivity index is 1.47. The number of aromatic nitrogens is 2. The maximum absolute atomic E-state index is 13.4. The summed E-state index contributed by atoms with van der Waals surface area (Å²) in [4.78, 5) is 17.0. The molecule has 38 heavy (non-hydrogen) atoms. The van der Waals surface area contributed by atoms with Gasteiger partial charge in [-0.05, 0) is 75.1 Å². The van der Waals surface area contributed by atoms with Crippen LogP contribution >= 0.6 is 34.4 Å². The second-order valence-corrected chi connectivity index (χ2v) is 12.5. The molecule has 2 aromatic heterocycles. The monoisotopic (exact) mass is 556 g/mol. The van der Waals surface area contributed by atoms with Crippen molar-refractivity contribution in [2.45, 2.75) is 45.7 Å². The molecule has 0 unspecified atom stereocenters. The van der Waals surface area contributed by atoms with Gasteiger partial charge >= 0.3 is 0 Å². The summed E-state index contributed by atoms with van der Waals surface area (Å²) in [7, 11) is 0. The highest BCUT2D eigenvalue weighted by molar-refractivity contribution is 8.03. The number of hydrogen-bond donors (Lipinski definition) is 0. The van der Waals surface area contributed by atoms with Crippen molar-refractivity contribution in [2.24, 2.45) is 0 Å². The fraction of sp³-hybridized carbons (Fsp3) is 0.226. The minimum absolute atomic E-state index is 0.0783. The van der Waals surface area contributed by atoms with E-state index in [4.69, 9.17) is 0 Å². The van der Waals surface area contributed by atoms with Gasteiger partial charge in [0.25, 0.3) is 10.6 Å². The van der Waals surface area contributed by atoms with E-state index in [0.29, 0.717) is 6.54 Å². The van der Waals surface area contributed by atoms with Crippen LogP contribution in [-0.4, -0.2) is 11.1 Å². The predicted octanol–water partition coefficient (Wildman–Crippen LogP) is 6.00. The molecule has 0 radical (unpaired) electrons. The molecule has 7 heteroatoms. The van der Waals surface area contributed by atoms with E-state index >= 15 is 0 Å². The van der Waals surface area contributed by atoms with Gasteiger partial charge in [0.1, 0.15) is 15.9 Å². The first-order valence-electron chi connectivity index (χ1n) is 13.1. The van der Waals surface area contributed by atoms with Crippen LogP contribution in [0.15, 0.2) is 75.4 Å². The number of nitrogens with zero attached hydrogens (tertiary/aromatic N) is 3. The van der Waals surface area contributed by atoms with E-state index in [1.807, 2.05) is 17.6 Å². The van der Waals surface area contributed by atoms with Crippen LogP contribution in [0.4, 0.5) is 5.69 Å². The number of thiazole rings is 2. The molecular formula is C31H30N3OS3+. The highest BCUT2D eigenvalue weighted by Gasteiger charge is 2.24. The molecule has 3 aromatic carbocycles. The molecule has 0 spiro atoms. The Bertz CT molecular complexity index is 1910. The van der Waals surface area contributed by atoms with Gasteiger partial charge in [-0.1, -0.05) is 53.4 Å². The van der Waals surface area contributed by atoms with E-state index in [1.165, 1.54) is 42.1 Å². The van der Waals surface area contributed by atoms with Gasteiger partial charge in [0.2, 0.25) is 5.52 Å². The number of rotatable bonds is 5. The molecule has 1 aliphatic heterocycles. The summed E-state index contributed by atoms with van der Waals surface area (Å²) >= 11 is 5.14. The third-order valence-electron chi connectivity index (χ3n) is 7.01. The fourth-order valence-corrected chi connectivity index (χ4v) is 8.58. The van der Waals surface area contributed by atoms with Crippen LogP contribution in [0.25, 0.3) is 33.1 Å². The van der Waals surface area contributed by atoms with Gasteiger partial charge in [0.15, 0.2) is 0 Å². The van der Waals surface area contributed by atoms with Crippen LogP contribution in [0.2, 0.25) is 0 Å². The first-order valence-corrected chi connectivity index (χ1v) is 15.5. The number of fused-ring (bicyclic) bond motifs is 4. The molecule has 5 aromatic rings. The summed E-state index contributed by atoms with van der Waals surface area (Å²) in [6.07, 6.45) is 6.31. The SMILES string of the molecule is CCN1C(=CC=c2sc(=Cc3sc4ccc5ccccc5c4[n+]3CC)n(CC)c2=O)Sc2ccc(C)cc21. The van der Waals surface area contributed by atoms with Gasteiger partial charge in [0, 0.05) is 18.0 Å². The quantitative estimate of drug-likeness (QED) is 0.249. The molecule has 0 N–H and O–H groups in total. The summed E-state index contributed by atoms with van der Waals surface area (Å²) in [6.45, 7) is 10.9. The smallest absolute Gasteiger partial charge is 0.269 e. The van der Waals surface area contributed by atoms with Crippen molar-refractivity contribution < 1.29 is 4.57 Å². The second-order valence-electron chi connectivity index (χ2n) is 9.31. The maximum atomic E-state index is 13.4. The lowest BCUT2D eigenvalue weighted by atomic mass is 10.1. The average molecular weight is 557 g/mol. The van der Waals surface area contributed by atoms with Gasteiger partial charge in [-0.3, -0.25) is 9.36 Å². The Morgan fingerprint density at radius 2 is 1.79 bits per heavy atom. The van der Waals surface area contributed by atoms with Gasteiger partial charge in [0.05, 0.1) is 26.7 Å². The van der Waals surface area contributed by atoms with Crippen LogP contribution in [0.5, 0.6) is 0 Å². The number of thioether (sulfide) groups is 1. The van der Waals surface area contributed by atoms with Crippen molar-refractivity contribution in [3.63, 3.8) is 0 Å². The standard InChI is InChI=1S/C31H30N3OS3/c1-5-32-23-18-20(4)12-14-24(23)36-27(32)17-16-26-31(35)34(7-3)29(38-26)19-28-33(6-2)30-22-11-9-8-10-21(22)13-15-25(30)37-28/h8-19H,5-7H2,1-4H3/q+1. The number of allylic oxidation sites excluding steroid dienone is 1. The summed E-state index contributed by atoms with van der Waals surface area (Å²) in [5.74, 6) is 0. The molecule has 0 saturated carbocycles. The van der Waals surface area contributed by atoms with E-state index < -0.39 is 0 Å². The summed E-state index contributed by atoms with van der Waals surface area (Å²) in [5, 5.41) is 4.85. The molecule has 0 aliphatic carbocycles. The lowest BCUT2D eigenvalue weighted by Gasteiger charge is -2.17. The summed E-state index contributed by atoms with van der Waals surface area (Å²) < 4.78 is 7.30. The topological polar surface area (TPSA) is 29.1 Å². The molecule has 1 aliphatic rings. The van der Waals surface area contributed by atoms with Crippen LogP contribution in [0.1, 0.15) is 31.3 Å². The zero-order valence-electron chi connectivity index (χ0n) is 22.0. The molecule has 192 valence electrons. The lowest BCUT2D eigenvalue weighted by molar-refractivity contribution is -0.664. The Morgan fingerprint density at radius 1 is 0.947 bits per heavy atom. The third-order valence-corrected chi connectivity index (χ3v) is 10.3. The molecule has 0 atom stereocenters. The average Bonchev–Trinajstić information content (AvgIpc) is 3.57. The molecule has 4 nitrogen and oxygen atoms in total. The normalized spacial score (nSPS) is 15.5. The van der Waals surface area contributed by atoms with Crippen LogP contribution < -0.4 is 24.2 Å². The highest BCUT2D eigenvalue weighted by Crippen LogP contribution is 2.46. The van der Waals surface area contributed by atoms with Crippen molar-refractivity contribution in [1.82, 2.24) is 4.57 Å². The van der Waals surface area contributed by atoms with Crippen molar-refractivity contribution >= 4 is 73.3 Å². The summed E-state index contributed by atoms with van der Waals surface area (Å²) in [5.41, 5.74) is 3.86. The van der Waals surface area contributed by atoms with E-state index in [-0.39, 0.29) is 5.56 Å². The molecule has 0 amide bonds. The van der Waals surface area contributed by atoms with Gasteiger partial charge < -0.3 is 4.90 Å². The minimum atomic E-state index is 0.0783. The van der Waals surface area contributed by atoms with Crippen LogP contribution in [-0.2, 0) is 13.1 Å². The molecule has 0 bridgehead atoms. The molecule has 6 rings (SSSR count). The van der Waals surface area contributed by atoms with Crippen LogP contribution in [0.3, 0.4) is 0 Å².